The molecule has 126 valence electrons. The van der Waals surface area contributed by atoms with Crippen molar-refractivity contribution in [3.8, 4) is 0 Å². The summed E-state index contributed by atoms with van der Waals surface area (Å²) in [6, 6.07) is 16.9. The van der Waals surface area contributed by atoms with E-state index in [4.69, 9.17) is 0 Å². The Morgan fingerprint density at radius 1 is 0.875 bits per heavy atom. The molecular formula is C21H26N2O. The minimum atomic E-state index is 0.248. The zero-order valence-electron chi connectivity index (χ0n) is 14.7. The average molecular weight is 322 g/mol. The molecule has 0 saturated carbocycles. The van der Waals surface area contributed by atoms with Gasteiger partial charge < -0.3 is 4.90 Å². The van der Waals surface area contributed by atoms with Crippen molar-refractivity contribution in [2.24, 2.45) is 0 Å². The average Bonchev–Trinajstić information content (AvgIpc) is 2.60. The van der Waals surface area contributed by atoms with Gasteiger partial charge in [0.2, 0.25) is 5.91 Å². The molecule has 24 heavy (non-hydrogen) atoms. The maximum Gasteiger partial charge on any atom is 0.227 e. The fourth-order valence-electron chi connectivity index (χ4n) is 3.20. The Labute approximate surface area is 144 Å². The van der Waals surface area contributed by atoms with E-state index in [9.17, 15) is 4.79 Å². The number of piperazine rings is 1. The minimum absolute atomic E-state index is 0.248. The molecule has 3 heteroatoms. The predicted octanol–water partition coefficient (Wildman–Crippen LogP) is 3.19. The van der Waals surface area contributed by atoms with Crippen molar-refractivity contribution < 1.29 is 4.79 Å². The summed E-state index contributed by atoms with van der Waals surface area (Å²) in [6.45, 7) is 8.74. The number of aryl methyl sites for hydroxylation is 2. The van der Waals surface area contributed by atoms with Crippen molar-refractivity contribution in [1.29, 1.82) is 0 Å². The Hall–Kier alpha value is -2.13. The lowest BCUT2D eigenvalue weighted by Crippen LogP contribution is -2.48. The molecule has 1 aliphatic heterocycles. The number of benzene rings is 2. The van der Waals surface area contributed by atoms with E-state index in [1.165, 1.54) is 16.7 Å². The highest BCUT2D eigenvalue weighted by Crippen LogP contribution is 2.13. The van der Waals surface area contributed by atoms with Crippen LogP contribution in [-0.4, -0.2) is 41.9 Å². The summed E-state index contributed by atoms with van der Waals surface area (Å²) >= 11 is 0. The molecule has 0 aromatic heterocycles. The molecule has 0 atom stereocenters. The highest BCUT2D eigenvalue weighted by atomic mass is 16.2. The lowest BCUT2D eigenvalue weighted by Gasteiger charge is -2.35. The molecule has 2 aromatic carbocycles. The van der Waals surface area contributed by atoms with Gasteiger partial charge in [-0.05, 0) is 36.1 Å². The maximum atomic E-state index is 12.5. The number of hydrogen-bond acceptors (Lipinski definition) is 2. The third kappa shape index (κ3) is 4.24. The van der Waals surface area contributed by atoms with Gasteiger partial charge in [0, 0.05) is 32.7 Å². The molecule has 0 spiro atoms. The van der Waals surface area contributed by atoms with Gasteiger partial charge in [0.15, 0.2) is 0 Å². The molecule has 1 aliphatic rings. The summed E-state index contributed by atoms with van der Waals surface area (Å²) in [7, 11) is 0. The summed E-state index contributed by atoms with van der Waals surface area (Å²) in [6.07, 6.45) is 0.514. The Morgan fingerprint density at radius 3 is 2.25 bits per heavy atom. The Kier molecular flexibility index (Phi) is 5.31. The largest absolute Gasteiger partial charge is 0.340 e. The number of carbonyl (C=O) groups excluding carboxylic acids is 1. The summed E-state index contributed by atoms with van der Waals surface area (Å²) < 4.78 is 0. The third-order valence-corrected chi connectivity index (χ3v) is 4.90. The zero-order valence-corrected chi connectivity index (χ0v) is 14.7. The summed E-state index contributed by atoms with van der Waals surface area (Å²) in [5.74, 6) is 0.248. The van der Waals surface area contributed by atoms with E-state index < -0.39 is 0 Å². The van der Waals surface area contributed by atoms with Crippen LogP contribution in [-0.2, 0) is 17.8 Å². The molecule has 1 fully saturated rings. The first-order chi connectivity index (χ1) is 11.6. The number of amides is 1. The van der Waals surface area contributed by atoms with Crippen molar-refractivity contribution in [3.63, 3.8) is 0 Å². The predicted molar refractivity (Wildman–Crippen MR) is 97.9 cm³/mol. The number of nitrogens with zero attached hydrogens (tertiary/aromatic N) is 2. The van der Waals surface area contributed by atoms with Gasteiger partial charge in [0.1, 0.15) is 0 Å². The summed E-state index contributed by atoms with van der Waals surface area (Å²) in [4.78, 5) is 17.0. The van der Waals surface area contributed by atoms with Gasteiger partial charge in [-0.25, -0.2) is 0 Å². The van der Waals surface area contributed by atoms with Gasteiger partial charge in [0.05, 0.1) is 6.42 Å². The van der Waals surface area contributed by atoms with Crippen LogP contribution in [0.2, 0.25) is 0 Å². The molecule has 2 aromatic rings. The fraction of sp³-hybridized carbons (Fsp3) is 0.381. The highest BCUT2D eigenvalue weighted by Gasteiger charge is 2.21. The third-order valence-electron chi connectivity index (χ3n) is 4.90. The summed E-state index contributed by atoms with van der Waals surface area (Å²) in [5.41, 5.74) is 5.00. The van der Waals surface area contributed by atoms with Crippen molar-refractivity contribution in [2.45, 2.75) is 26.8 Å². The second kappa shape index (κ2) is 7.63. The van der Waals surface area contributed by atoms with Gasteiger partial charge in [-0.1, -0.05) is 48.5 Å². The van der Waals surface area contributed by atoms with Gasteiger partial charge >= 0.3 is 0 Å². The lowest BCUT2D eigenvalue weighted by molar-refractivity contribution is -0.132. The second-order valence-electron chi connectivity index (χ2n) is 6.74. The molecule has 0 N–H and O–H groups in total. The Bertz CT molecular complexity index is 688. The second-order valence-corrected chi connectivity index (χ2v) is 6.74. The first-order valence-electron chi connectivity index (χ1n) is 8.72. The maximum absolute atomic E-state index is 12.5. The van der Waals surface area contributed by atoms with Crippen molar-refractivity contribution in [3.05, 3.63) is 70.8 Å². The first-order valence-corrected chi connectivity index (χ1v) is 8.72. The molecule has 1 heterocycles. The van der Waals surface area contributed by atoms with Crippen LogP contribution in [0, 0.1) is 13.8 Å². The van der Waals surface area contributed by atoms with Crippen LogP contribution in [0.4, 0.5) is 0 Å². The lowest BCUT2D eigenvalue weighted by atomic mass is 10.0. The molecule has 0 bridgehead atoms. The van der Waals surface area contributed by atoms with Crippen LogP contribution in [0.15, 0.2) is 48.5 Å². The molecule has 3 rings (SSSR count). The topological polar surface area (TPSA) is 23.6 Å². The molecule has 0 radical (unpaired) electrons. The van der Waals surface area contributed by atoms with Gasteiger partial charge in [-0.2, -0.15) is 0 Å². The normalized spacial score (nSPS) is 15.5. The van der Waals surface area contributed by atoms with E-state index in [2.05, 4.69) is 61.2 Å². The molecule has 3 nitrogen and oxygen atoms in total. The molecular weight excluding hydrogens is 296 g/mol. The Morgan fingerprint density at radius 2 is 1.58 bits per heavy atom. The van der Waals surface area contributed by atoms with Crippen molar-refractivity contribution in [2.75, 3.05) is 26.2 Å². The van der Waals surface area contributed by atoms with E-state index in [1.807, 2.05) is 11.0 Å². The van der Waals surface area contributed by atoms with E-state index >= 15 is 0 Å². The Balaban J connectivity index is 1.50. The molecule has 0 unspecified atom stereocenters. The quantitative estimate of drug-likeness (QED) is 0.863. The number of rotatable bonds is 4. The number of hydrogen-bond donors (Lipinski definition) is 0. The molecule has 0 aliphatic carbocycles. The smallest absolute Gasteiger partial charge is 0.227 e. The van der Waals surface area contributed by atoms with E-state index in [0.29, 0.717) is 6.42 Å². The first kappa shape index (κ1) is 16.7. The zero-order chi connectivity index (χ0) is 16.9. The van der Waals surface area contributed by atoms with E-state index in [0.717, 1.165) is 38.3 Å². The van der Waals surface area contributed by atoms with Crippen LogP contribution >= 0.6 is 0 Å². The van der Waals surface area contributed by atoms with Crippen LogP contribution in [0.1, 0.15) is 22.3 Å². The minimum Gasteiger partial charge on any atom is -0.340 e. The summed E-state index contributed by atoms with van der Waals surface area (Å²) in [5, 5.41) is 0. The van der Waals surface area contributed by atoms with E-state index in [1.54, 1.807) is 0 Å². The SMILES string of the molecule is Cc1ccc(CC(=O)N2CCN(Cc3ccccc3)CC2)cc1C. The van der Waals surface area contributed by atoms with Gasteiger partial charge in [-0.15, -0.1) is 0 Å². The van der Waals surface area contributed by atoms with Crippen LogP contribution in [0.3, 0.4) is 0 Å². The van der Waals surface area contributed by atoms with Gasteiger partial charge in [0.25, 0.3) is 0 Å². The van der Waals surface area contributed by atoms with E-state index in [-0.39, 0.29) is 5.91 Å². The molecule has 1 amide bonds. The van der Waals surface area contributed by atoms with Crippen LogP contribution in [0.25, 0.3) is 0 Å². The highest BCUT2D eigenvalue weighted by molar-refractivity contribution is 5.79. The number of carbonyl (C=O) groups is 1. The standard InChI is InChI=1S/C21H26N2O/c1-17-8-9-20(14-18(17)2)15-21(24)23-12-10-22(11-13-23)16-19-6-4-3-5-7-19/h3-9,14H,10-13,15-16H2,1-2H3. The van der Waals surface area contributed by atoms with Crippen molar-refractivity contribution >= 4 is 5.91 Å². The fourth-order valence-corrected chi connectivity index (χ4v) is 3.20. The van der Waals surface area contributed by atoms with Crippen LogP contribution < -0.4 is 0 Å². The van der Waals surface area contributed by atoms with Crippen LogP contribution in [0.5, 0.6) is 0 Å². The molecule has 1 saturated heterocycles. The van der Waals surface area contributed by atoms with Gasteiger partial charge in [-0.3, -0.25) is 9.69 Å². The monoisotopic (exact) mass is 322 g/mol. The van der Waals surface area contributed by atoms with Crippen molar-refractivity contribution in [1.82, 2.24) is 9.80 Å².